The number of sulfonamides is 1. The highest BCUT2D eigenvalue weighted by atomic mass is 32.2. The normalized spacial score (nSPS) is 14.6. The summed E-state index contributed by atoms with van der Waals surface area (Å²) in [6, 6.07) is 13.4. The number of hydrogen-bond donors (Lipinski definition) is 2. The summed E-state index contributed by atoms with van der Waals surface area (Å²) in [5, 5.41) is 3.68. The molecule has 2 N–H and O–H groups in total. The molecule has 11 heteroatoms. The number of nitrogens with one attached hydrogen (secondary N) is 2. The van der Waals surface area contributed by atoms with E-state index >= 15 is 0 Å². The number of carbonyl (C=O) groups excluding carboxylic acids is 2. The Hall–Kier alpha value is -3.57. The lowest BCUT2D eigenvalue weighted by Gasteiger charge is -2.26. The third-order valence-corrected chi connectivity index (χ3v) is 7.13. The zero-order valence-electron chi connectivity index (χ0n) is 17.5. The summed E-state index contributed by atoms with van der Waals surface area (Å²) in [6.45, 7) is 0.605. The Balaban J connectivity index is 1.44. The minimum absolute atomic E-state index is 0.0679. The number of amides is 2. The third kappa shape index (κ3) is 4.94. The molecular formula is C22H21FN4O5S. The van der Waals surface area contributed by atoms with Crippen LogP contribution in [0.4, 0.5) is 4.39 Å². The van der Waals surface area contributed by atoms with Crippen LogP contribution >= 0.6 is 0 Å². The first-order valence-corrected chi connectivity index (χ1v) is 11.7. The van der Waals surface area contributed by atoms with Crippen LogP contribution in [0.1, 0.15) is 40.1 Å². The van der Waals surface area contributed by atoms with Crippen LogP contribution in [0, 0.1) is 5.82 Å². The van der Waals surface area contributed by atoms with Gasteiger partial charge in [-0.2, -0.15) is 4.31 Å². The quantitative estimate of drug-likeness (QED) is 0.551. The number of aromatic nitrogens is 1. The van der Waals surface area contributed by atoms with Gasteiger partial charge in [0.15, 0.2) is 11.5 Å². The van der Waals surface area contributed by atoms with Gasteiger partial charge in [-0.1, -0.05) is 41.9 Å². The molecule has 3 aromatic rings. The Morgan fingerprint density at radius 3 is 2.36 bits per heavy atom. The summed E-state index contributed by atoms with van der Waals surface area (Å²) < 4.78 is 46.3. The Kier molecular flexibility index (Phi) is 6.52. The van der Waals surface area contributed by atoms with Crippen molar-refractivity contribution in [3.8, 4) is 11.3 Å². The third-order valence-electron chi connectivity index (χ3n) is 5.22. The Bertz CT molecular complexity index is 1270. The number of benzene rings is 2. The average molecular weight is 472 g/mol. The van der Waals surface area contributed by atoms with Crippen LogP contribution in [0.2, 0.25) is 0 Å². The van der Waals surface area contributed by atoms with Gasteiger partial charge in [-0.15, -0.1) is 0 Å². The van der Waals surface area contributed by atoms with E-state index in [-0.39, 0.29) is 11.3 Å². The second-order valence-corrected chi connectivity index (χ2v) is 9.37. The highest BCUT2D eigenvalue weighted by molar-refractivity contribution is 7.89. The SMILES string of the molecule is O=C(NNC(=O)c1cc(-c2ccccc2)on1)c1ccc(F)c(S(=O)(=O)N2CCCCC2)c1. The van der Waals surface area contributed by atoms with E-state index in [1.807, 2.05) is 6.07 Å². The predicted octanol–water partition coefficient (Wildman–Crippen LogP) is 2.73. The molecular weight excluding hydrogens is 451 g/mol. The highest BCUT2D eigenvalue weighted by Crippen LogP contribution is 2.24. The molecule has 2 amide bonds. The lowest BCUT2D eigenvalue weighted by atomic mass is 10.1. The topological polar surface area (TPSA) is 122 Å². The zero-order valence-corrected chi connectivity index (χ0v) is 18.3. The minimum atomic E-state index is -4.08. The molecule has 2 heterocycles. The van der Waals surface area contributed by atoms with Gasteiger partial charge in [0.2, 0.25) is 10.0 Å². The van der Waals surface area contributed by atoms with E-state index in [4.69, 9.17) is 4.52 Å². The van der Waals surface area contributed by atoms with Crippen LogP contribution in [-0.2, 0) is 10.0 Å². The van der Waals surface area contributed by atoms with Gasteiger partial charge in [0.25, 0.3) is 11.8 Å². The van der Waals surface area contributed by atoms with E-state index in [0.717, 1.165) is 30.2 Å². The molecule has 1 fully saturated rings. The minimum Gasteiger partial charge on any atom is -0.355 e. The lowest BCUT2D eigenvalue weighted by molar-refractivity contribution is 0.0841. The first kappa shape index (κ1) is 22.6. The van der Waals surface area contributed by atoms with Gasteiger partial charge in [-0.3, -0.25) is 20.4 Å². The number of rotatable bonds is 5. The van der Waals surface area contributed by atoms with Crippen molar-refractivity contribution < 1.29 is 26.9 Å². The summed E-state index contributed by atoms with van der Waals surface area (Å²) in [6.07, 6.45) is 2.30. The lowest BCUT2D eigenvalue weighted by Crippen LogP contribution is -2.42. The fourth-order valence-electron chi connectivity index (χ4n) is 3.46. The molecule has 4 rings (SSSR count). The van der Waals surface area contributed by atoms with E-state index in [1.54, 1.807) is 24.3 Å². The second-order valence-electron chi connectivity index (χ2n) is 7.46. The van der Waals surface area contributed by atoms with Gasteiger partial charge in [0.05, 0.1) is 0 Å². The maximum Gasteiger partial charge on any atom is 0.291 e. The standard InChI is InChI=1S/C22H21FN4O5S/c23-17-10-9-16(13-20(17)33(30,31)27-11-5-2-6-12-27)21(28)24-25-22(29)18-14-19(32-26-18)15-7-3-1-4-8-15/h1,3-4,7-10,13-14H,2,5-6,11-12H2,(H,24,28)(H,25,29). The first-order chi connectivity index (χ1) is 15.9. The van der Waals surface area contributed by atoms with Crippen molar-refractivity contribution >= 4 is 21.8 Å². The van der Waals surface area contributed by atoms with Crippen molar-refractivity contribution in [3.05, 3.63) is 71.7 Å². The summed E-state index contributed by atoms with van der Waals surface area (Å²) in [5.41, 5.74) is 4.89. The molecule has 0 spiro atoms. The van der Waals surface area contributed by atoms with Crippen LogP contribution < -0.4 is 10.9 Å². The van der Waals surface area contributed by atoms with E-state index in [1.165, 1.54) is 10.4 Å². The number of hydrogen-bond acceptors (Lipinski definition) is 6. The maximum atomic E-state index is 14.3. The molecule has 1 aliphatic heterocycles. The van der Waals surface area contributed by atoms with Gasteiger partial charge < -0.3 is 4.52 Å². The maximum absolute atomic E-state index is 14.3. The molecule has 1 saturated heterocycles. The van der Waals surface area contributed by atoms with Crippen LogP contribution in [0.5, 0.6) is 0 Å². The number of nitrogens with zero attached hydrogens (tertiary/aromatic N) is 2. The van der Waals surface area contributed by atoms with Crippen molar-refractivity contribution in [2.45, 2.75) is 24.2 Å². The van der Waals surface area contributed by atoms with Crippen LogP contribution in [0.25, 0.3) is 11.3 Å². The predicted molar refractivity (Wildman–Crippen MR) is 116 cm³/mol. The van der Waals surface area contributed by atoms with Crippen molar-refractivity contribution in [1.82, 2.24) is 20.3 Å². The monoisotopic (exact) mass is 472 g/mol. The molecule has 172 valence electrons. The first-order valence-electron chi connectivity index (χ1n) is 10.3. The van der Waals surface area contributed by atoms with E-state index in [9.17, 15) is 22.4 Å². The fraction of sp³-hybridized carbons (Fsp3) is 0.227. The van der Waals surface area contributed by atoms with Crippen molar-refractivity contribution in [2.75, 3.05) is 13.1 Å². The number of piperidine rings is 1. The largest absolute Gasteiger partial charge is 0.355 e. The molecule has 2 aromatic carbocycles. The van der Waals surface area contributed by atoms with Crippen molar-refractivity contribution in [1.29, 1.82) is 0 Å². The van der Waals surface area contributed by atoms with Crippen LogP contribution in [0.3, 0.4) is 0 Å². The fourth-order valence-corrected chi connectivity index (χ4v) is 5.06. The van der Waals surface area contributed by atoms with Gasteiger partial charge in [-0.05, 0) is 31.0 Å². The number of carbonyl (C=O) groups is 2. The Morgan fingerprint density at radius 1 is 0.939 bits per heavy atom. The molecule has 9 nitrogen and oxygen atoms in total. The van der Waals surface area contributed by atoms with Crippen molar-refractivity contribution in [2.24, 2.45) is 0 Å². The summed E-state index contributed by atoms with van der Waals surface area (Å²) in [7, 11) is -4.08. The molecule has 1 aliphatic rings. The average Bonchev–Trinajstić information content (AvgIpc) is 3.34. The Labute approximate surface area is 189 Å². The molecule has 0 bridgehead atoms. The smallest absolute Gasteiger partial charge is 0.291 e. The molecule has 0 radical (unpaired) electrons. The molecule has 0 atom stereocenters. The van der Waals surface area contributed by atoms with Crippen molar-refractivity contribution in [3.63, 3.8) is 0 Å². The Morgan fingerprint density at radius 2 is 1.64 bits per heavy atom. The summed E-state index contributed by atoms with van der Waals surface area (Å²) in [4.78, 5) is 24.2. The molecule has 33 heavy (non-hydrogen) atoms. The molecule has 0 unspecified atom stereocenters. The van der Waals surface area contributed by atoms with E-state index in [2.05, 4.69) is 16.0 Å². The molecule has 1 aromatic heterocycles. The van der Waals surface area contributed by atoms with Gasteiger partial charge in [-0.25, -0.2) is 12.8 Å². The van der Waals surface area contributed by atoms with Gasteiger partial charge in [0.1, 0.15) is 10.7 Å². The molecule has 0 saturated carbocycles. The second kappa shape index (κ2) is 9.51. The van der Waals surface area contributed by atoms with Gasteiger partial charge in [0, 0.05) is 30.3 Å². The number of halogens is 1. The summed E-state index contributed by atoms with van der Waals surface area (Å²) in [5.74, 6) is -2.13. The highest BCUT2D eigenvalue weighted by Gasteiger charge is 2.29. The molecule has 0 aliphatic carbocycles. The van der Waals surface area contributed by atoms with Gasteiger partial charge >= 0.3 is 0 Å². The van der Waals surface area contributed by atoms with E-state index < -0.39 is 32.6 Å². The van der Waals surface area contributed by atoms with Crippen LogP contribution in [-0.4, -0.2) is 42.8 Å². The zero-order chi connectivity index (χ0) is 23.4. The number of hydrazine groups is 1. The van der Waals surface area contributed by atoms with Crippen LogP contribution in [0.15, 0.2) is 64.0 Å². The summed E-state index contributed by atoms with van der Waals surface area (Å²) >= 11 is 0. The van der Waals surface area contributed by atoms with E-state index in [0.29, 0.717) is 31.7 Å².